The summed E-state index contributed by atoms with van der Waals surface area (Å²) < 4.78 is 0. The number of rotatable bonds is 2. The first-order chi connectivity index (χ1) is 9.29. The molecule has 0 radical (unpaired) electrons. The van der Waals surface area contributed by atoms with E-state index >= 15 is 0 Å². The Morgan fingerprint density at radius 1 is 1.21 bits per heavy atom. The van der Waals surface area contributed by atoms with Crippen molar-refractivity contribution in [3.8, 4) is 11.3 Å². The van der Waals surface area contributed by atoms with E-state index in [1.54, 1.807) is 19.4 Å². The van der Waals surface area contributed by atoms with Crippen LogP contribution < -0.4 is 5.73 Å². The third-order valence-electron chi connectivity index (χ3n) is 3.05. The number of nitrogens with zero attached hydrogens (tertiary/aromatic N) is 3. The van der Waals surface area contributed by atoms with Gasteiger partial charge >= 0.3 is 0 Å². The van der Waals surface area contributed by atoms with Crippen LogP contribution in [0.3, 0.4) is 0 Å². The molecule has 0 unspecified atom stereocenters. The molecule has 0 amide bonds. The van der Waals surface area contributed by atoms with Crippen LogP contribution in [0.4, 0.5) is 0 Å². The summed E-state index contributed by atoms with van der Waals surface area (Å²) in [7, 11) is 1.68. The third-order valence-corrected chi connectivity index (χ3v) is 3.05. The molecule has 0 aliphatic carbocycles. The maximum absolute atomic E-state index is 5.85. The zero-order chi connectivity index (χ0) is 13.2. The summed E-state index contributed by atoms with van der Waals surface area (Å²) >= 11 is 0. The number of aliphatic imine (C=N–C) groups is 1. The molecule has 5 heteroatoms. The van der Waals surface area contributed by atoms with E-state index in [1.165, 1.54) is 0 Å². The van der Waals surface area contributed by atoms with Crippen molar-refractivity contribution in [2.45, 2.75) is 0 Å². The first-order valence-corrected chi connectivity index (χ1v) is 5.91. The lowest BCUT2D eigenvalue weighted by Crippen LogP contribution is -2.12. The summed E-state index contributed by atoms with van der Waals surface area (Å²) in [6.07, 6.45) is 3.50. The SMILES string of the molecule is CN=C(N)c1ccc2[nH]nc(-c3ccncc3)c2c1. The molecule has 2 aromatic heterocycles. The van der Waals surface area contributed by atoms with Crippen LogP contribution in [0, 0.1) is 0 Å². The molecule has 1 aromatic carbocycles. The van der Waals surface area contributed by atoms with Crippen molar-refractivity contribution in [2.24, 2.45) is 10.7 Å². The standard InChI is InChI=1S/C14H13N5/c1-16-14(15)10-2-3-12-11(8-10)13(19-18-12)9-4-6-17-7-5-9/h2-8H,1H3,(H2,15,16)(H,18,19). The van der Waals surface area contributed by atoms with Gasteiger partial charge in [-0.3, -0.25) is 15.1 Å². The number of nitrogens with two attached hydrogens (primary N) is 1. The summed E-state index contributed by atoms with van der Waals surface area (Å²) in [5.74, 6) is 0.517. The number of H-pyrrole nitrogens is 1. The number of hydrogen-bond acceptors (Lipinski definition) is 3. The quantitative estimate of drug-likeness (QED) is 0.539. The smallest absolute Gasteiger partial charge is 0.125 e. The topological polar surface area (TPSA) is 80.0 Å². The zero-order valence-electron chi connectivity index (χ0n) is 10.5. The van der Waals surface area contributed by atoms with Gasteiger partial charge in [-0.05, 0) is 30.3 Å². The Kier molecular flexibility index (Phi) is 2.72. The summed E-state index contributed by atoms with van der Waals surface area (Å²) in [6.45, 7) is 0. The Hall–Kier alpha value is -2.69. The zero-order valence-corrected chi connectivity index (χ0v) is 10.5. The van der Waals surface area contributed by atoms with Crippen molar-refractivity contribution in [3.05, 3.63) is 48.3 Å². The number of fused-ring (bicyclic) bond motifs is 1. The fourth-order valence-electron chi connectivity index (χ4n) is 2.03. The van der Waals surface area contributed by atoms with Gasteiger partial charge < -0.3 is 5.73 Å². The maximum Gasteiger partial charge on any atom is 0.125 e. The Morgan fingerprint density at radius 2 is 2.00 bits per heavy atom. The average molecular weight is 251 g/mol. The van der Waals surface area contributed by atoms with Crippen molar-refractivity contribution in [1.29, 1.82) is 0 Å². The fraction of sp³-hybridized carbons (Fsp3) is 0.0714. The number of hydrogen-bond donors (Lipinski definition) is 2. The van der Waals surface area contributed by atoms with E-state index in [0.717, 1.165) is 27.7 Å². The van der Waals surface area contributed by atoms with E-state index in [-0.39, 0.29) is 0 Å². The first kappa shape index (κ1) is 11.4. The van der Waals surface area contributed by atoms with Gasteiger partial charge in [0.25, 0.3) is 0 Å². The van der Waals surface area contributed by atoms with E-state index in [4.69, 9.17) is 5.73 Å². The molecule has 3 aromatic rings. The number of pyridine rings is 1. The molecule has 0 saturated heterocycles. The largest absolute Gasteiger partial charge is 0.384 e. The minimum atomic E-state index is 0.517. The molecule has 3 N–H and O–H groups in total. The first-order valence-electron chi connectivity index (χ1n) is 5.91. The van der Waals surface area contributed by atoms with Gasteiger partial charge in [-0.15, -0.1) is 0 Å². The second kappa shape index (κ2) is 4.53. The highest BCUT2D eigenvalue weighted by Gasteiger charge is 2.09. The van der Waals surface area contributed by atoms with Crippen molar-refractivity contribution in [2.75, 3.05) is 7.05 Å². The lowest BCUT2D eigenvalue weighted by atomic mass is 10.1. The lowest BCUT2D eigenvalue weighted by molar-refractivity contribution is 1.12. The molecule has 0 bridgehead atoms. The predicted molar refractivity (Wildman–Crippen MR) is 76.0 cm³/mol. The molecule has 0 aliphatic heterocycles. The Bertz CT molecular complexity index is 743. The molecule has 0 saturated carbocycles. The molecular weight excluding hydrogens is 238 g/mol. The Morgan fingerprint density at radius 3 is 2.74 bits per heavy atom. The highest BCUT2D eigenvalue weighted by atomic mass is 15.1. The molecule has 94 valence electrons. The van der Waals surface area contributed by atoms with Crippen molar-refractivity contribution < 1.29 is 0 Å². The van der Waals surface area contributed by atoms with Crippen LogP contribution in [-0.4, -0.2) is 28.1 Å². The average Bonchev–Trinajstić information content (AvgIpc) is 2.90. The normalized spacial score (nSPS) is 11.9. The summed E-state index contributed by atoms with van der Waals surface area (Å²) in [5, 5.41) is 8.40. The van der Waals surface area contributed by atoms with Gasteiger partial charge in [-0.1, -0.05) is 0 Å². The molecule has 2 heterocycles. The molecule has 3 rings (SSSR count). The van der Waals surface area contributed by atoms with E-state index < -0.39 is 0 Å². The molecule has 5 nitrogen and oxygen atoms in total. The van der Waals surface area contributed by atoms with E-state index in [2.05, 4.69) is 20.2 Å². The number of benzene rings is 1. The summed E-state index contributed by atoms with van der Waals surface area (Å²) in [5.41, 5.74) is 9.63. The van der Waals surface area contributed by atoms with Crippen LogP contribution >= 0.6 is 0 Å². The van der Waals surface area contributed by atoms with E-state index in [0.29, 0.717) is 5.84 Å². The molecule has 0 atom stereocenters. The minimum absolute atomic E-state index is 0.517. The Labute approximate surface area is 110 Å². The van der Waals surface area contributed by atoms with E-state index in [9.17, 15) is 0 Å². The van der Waals surface area contributed by atoms with Crippen LogP contribution in [0.1, 0.15) is 5.56 Å². The van der Waals surface area contributed by atoms with Crippen LogP contribution in [0.5, 0.6) is 0 Å². The van der Waals surface area contributed by atoms with E-state index in [1.807, 2.05) is 30.3 Å². The highest BCUT2D eigenvalue weighted by Crippen LogP contribution is 2.26. The maximum atomic E-state index is 5.85. The van der Waals surface area contributed by atoms with Crippen molar-refractivity contribution in [1.82, 2.24) is 15.2 Å². The Balaban J connectivity index is 2.22. The van der Waals surface area contributed by atoms with Gasteiger partial charge in [-0.2, -0.15) is 5.10 Å². The minimum Gasteiger partial charge on any atom is -0.384 e. The number of aromatic amines is 1. The number of amidine groups is 1. The van der Waals surface area contributed by atoms with Crippen molar-refractivity contribution in [3.63, 3.8) is 0 Å². The van der Waals surface area contributed by atoms with Crippen LogP contribution in [0.2, 0.25) is 0 Å². The number of nitrogens with one attached hydrogen (secondary N) is 1. The molecule has 0 aliphatic rings. The second-order valence-corrected chi connectivity index (χ2v) is 4.18. The lowest BCUT2D eigenvalue weighted by Gasteiger charge is -2.01. The summed E-state index contributed by atoms with van der Waals surface area (Å²) in [4.78, 5) is 8.02. The van der Waals surface area contributed by atoms with Crippen LogP contribution in [0.25, 0.3) is 22.2 Å². The molecule has 0 spiro atoms. The monoisotopic (exact) mass is 251 g/mol. The summed E-state index contributed by atoms with van der Waals surface area (Å²) in [6, 6.07) is 9.75. The molecule has 19 heavy (non-hydrogen) atoms. The number of aromatic nitrogens is 3. The van der Waals surface area contributed by atoms with Gasteiger partial charge in [0, 0.05) is 36.0 Å². The van der Waals surface area contributed by atoms with Crippen molar-refractivity contribution >= 4 is 16.7 Å². The fourth-order valence-corrected chi connectivity index (χ4v) is 2.03. The molecular formula is C14H13N5. The van der Waals surface area contributed by atoms with Gasteiger partial charge in [-0.25, -0.2) is 0 Å². The van der Waals surface area contributed by atoms with Crippen LogP contribution in [-0.2, 0) is 0 Å². The third kappa shape index (κ3) is 1.95. The van der Waals surface area contributed by atoms with Gasteiger partial charge in [0.05, 0.1) is 5.52 Å². The van der Waals surface area contributed by atoms with Crippen LogP contribution in [0.15, 0.2) is 47.7 Å². The molecule has 0 fully saturated rings. The van der Waals surface area contributed by atoms with Gasteiger partial charge in [0.2, 0.25) is 0 Å². The van der Waals surface area contributed by atoms with Gasteiger partial charge in [0.1, 0.15) is 11.5 Å². The van der Waals surface area contributed by atoms with Gasteiger partial charge in [0.15, 0.2) is 0 Å². The second-order valence-electron chi connectivity index (χ2n) is 4.18. The highest BCUT2D eigenvalue weighted by molar-refractivity contribution is 6.03. The predicted octanol–water partition coefficient (Wildman–Crippen LogP) is 1.96.